The van der Waals surface area contributed by atoms with Gasteiger partial charge in [0.15, 0.2) is 9.84 Å². The van der Waals surface area contributed by atoms with E-state index in [1.807, 2.05) is 0 Å². The lowest BCUT2D eigenvalue weighted by Crippen LogP contribution is -2.49. The van der Waals surface area contributed by atoms with Gasteiger partial charge in [0.2, 0.25) is 5.91 Å². The van der Waals surface area contributed by atoms with Crippen LogP contribution in [0.15, 0.2) is 0 Å². The number of carbonyl (C=O) groups is 1. The third kappa shape index (κ3) is 5.25. The minimum absolute atomic E-state index is 0.0120. The number of carbonyl (C=O) groups excluding carboxylic acids is 1. The highest BCUT2D eigenvalue weighted by atomic mass is 32.2. The molecular formula is C15H28N2O3S. The molecule has 0 aromatic heterocycles. The lowest BCUT2D eigenvalue weighted by molar-refractivity contribution is -0.122. The normalized spacial score (nSPS) is 28.0. The van der Waals surface area contributed by atoms with Gasteiger partial charge in [-0.25, -0.2) is 8.42 Å². The summed E-state index contributed by atoms with van der Waals surface area (Å²) < 4.78 is 23.2. The number of hydrogen-bond acceptors (Lipinski definition) is 4. The van der Waals surface area contributed by atoms with Crippen LogP contribution < -0.4 is 10.6 Å². The van der Waals surface area contributed by atoms with E-state index >= 15 is 0 Å². The molecule has 1 heterocycles. The molecule has 122 valence electrons. The summed E-state index contributed by atoms with van der Waals surface area (Å²) in [6, 6.07) is 0.0191. The van der Waals surface area contributed by atoms with Crippen molar-refractivity contribution in [2.45, 2.75) is 64.0 Å². The fourth-order valence-electron chi connectivity index (χ4n) is 3.58. The number of sulfone groups is 1. The Labute approximate surface area is 128 Å². The Morgan fingerprint density at radius 3 is 2.62 bits per heavy atom. The van der Waals surface area contributed by atoms with E-state index in [1.165, 1.54) is 32.1 Å². The summed E-state index contributed by atoms with van der Waals surface area (Å²) in [5.74, 6) is 0.851. The second-order valence-electron chi connectivity index (χ2n) is 6.45. The van der Waals surface area contributed by atoms with Crippen LogP contribution in [0.3, 0.4) is 0 Å². The minimum atomic E-state index is -2.97. The Hall–Kier alpha value is -0.620. The Morgan fingerprint density at radius 2 is 2.00 bits per heavy atom. The first kappa shape index (κ1) is 16.7. The van der Waals surface area contributed by atoms with Crippen molar-refractivity contribution in [1.82, 2.24) is 10.6 Å². The Kier molecular flexibility index (Phi) is 6.05. The van der Waals surface area contributed by atoms with Crippen molar-refractivity contribution in [2.75, 3.05) is 18.1 Å². The summed E-state index contributed by atoms with van der Waals surface area (Å²) in [6.45, 7) is 2.57. The van der Waals surface area contributed by atoms with E-state index in [0.717, 1.165) is 6.42 Å². The van der Waals surface area contributed by atoms with Gasteiger partial charge in [0, 0.05) is 25.0 Å². The van der Waals surface area contributed by atoms with Gasteiger partial charge in [-0.05, 0) is 25.2 Å². The molecule has 1 aliphatic carbocycles. The summed E-state index contributed by atoms with van der Waals surface area (Å²) in [5.41, 5.74) is 0. The van der Waals surface area contributed by atoms with Gasteiger partial charge < -0.3 is 10.6 Å². The van der Waals surface area contributed by atoms with Crippen molar-refractivity contribution >= 4 is 15.7 Å². The number of nitrogens with one attached hydrogen (secondary N) is 2. The summed E-state index contributed by atoms with van der Waals surface area (Å²) in [6.07, 6.45) is 7.46. The zero-order valence-corrected chi connectivity index (χ0v) is 13.8. The average Bonchev–Trinajstić information content (AvgIpc) is 2.44. The molecule has 1 amide bonds. The Balaban J connectivity index is 1.82. The van der Waals surface area contributed by atoms with Crippen molar-refractivity contribution in [3.8, 4) is 0 Å². The highest BCUT2D eigenvalue weighted by molar-refractivity contribution is 7.91. The van der Waals surface area contributed by atoms with E-state index in [0.29, 0.717) is 12.5 Å². The predicted octanol–water partition coefficient (Wildman–Crippen LogP) is 1.24. The third-order valence-electron chi connectivity index (χ3n) is 4.74. The molecule has 5 nitrogen and oxygen atoms in total. The molecule has 1 saturated carbocycles. The van der Waals surface area contributed by atoms with E-state index in [9.17, 15) is 13.2 Å². The summed E-state index contributed by atoms with van der Waals surface area (Å²) in [7, 11) is -2.97. The summed E-state index contributed by atoms with van der Waals surface area (Å²) in [4.78, 5) is 12.2. The number of hydrogen-bond donors (Lipinski definition) is 2. The second-order valence-corrected chi connectivity index (χ2v) is 8.68. The van der Waals surface area contributed by atoms with E-state index in [2.05, 4.69) is 17.6 Å². The minimum Gasteiger partial charge on any atom is -0.353 e. The molecule has 0 spiro atoms. The monoisotopic (exact) mass is 316 g/mol. The number of rotatable bonds is 5. The summed E-state index contributed by atoms with van der Waals surface area (Å²) >= 11 is 0. The zero-order valence-electron chi connectivity index (χ0n) is 12.9. The SMILES string of the molecule is CCC(NC(=O)CC1CS(=O)(=O)CCN1)C1CCCCC1. The van der Waals surface area contributed by atoms with Gasteiger partial charge in [0.1, 0.15) is 0 Å². The molecule has 2 unspecified atom stereocenters. The molecule has 0 aromatic rings. The van der Waals surface area contributed by atoms with E-state index in [-0.39, 0.29) is 35.9 Å². The molecule has 1 aliphatic heterocycles. The van der Waals surface area contributed by atoms with Crippen LogP contribution in [0.2, 0.25) is 0 Å². The van der Waals surface area contributed by atoms with Gasteiger partial charge in [-0.2, -0.15) is 0 Å². The molecule has 0 aromatic carbocycles. The smallest absolute Gasteiger partial charge is 0.221 e. The maximum Gasteiger partial charge on any atom is 0.221 e. The third-order valence-corrected chi connectivity index (χ3v) is 6.47. The largest absolute Gasteiger partial charge is 0.353 e. The Bertz CT molecular complexity index is 444. The predicted molar refractivity (Wildman–Crippen MR) is 83.9 cm³/mol. The van der Waals surface area contributed by atoms with E-state index in [1.54, 1.807) is 0 Å². The van der Waals surface area contributed by atoms with Crippen LogP contribution in [0.25, 0.3) is 0 Å². The Morgan fingerprint density at radius 1 is 1.29 bits per heavy atom. The topological polar surface area (TPSA) is 75.3 Å². The maximum absolute atomic E-state index is 12.2. The molecule has 0 bridgehead atoms. The first-order chi connectivity index (χ1) is 10.00. The molecule has 2 atom stereocenters. The standard InChI is InChI=1S/C15H28N2O3S/c1-2-14(12-6-4-3-5-7-12)17-15(18)10-13-11-21(19,20)9-8-16-13/h12-14,16H,2-11H2,1H3,(H,17,18). The van der Waals surface area contributed by atoms with Crippen LogP contribution in [0, 0.1) is 5.92 Å². The van der Waals surface area contributed by atoms with Crippen molar-refractivity contribution in [1.29, 1.82) is 0 Å². The van der Waals surface area contributed by atoms with Gasteiger partial charge in [-0.1, -0.05) is 26.2 Å². The molecule has 2 aliphatic rings. The molecule has 21 heavy (non-hydrogen) atoms. The van der Waals surface area contributed by atoms with Gasteiger partial charge in [-0.15, -0.1) is 0 Å². The van der Waals surface area contributed by atoms with E-state index in [4.69, 9.17) is 0 Å². The van der Waals surface area contributed by atoms with Crippen molar-refractivity contribution in [3.63, 3.8) is 0 Å². The van der Waals surface area contributed by atoms with Crippen LogP contribution in [0.4, 0.5) is 0 Å². The lowest BCUT2D eigenvalue weighted by Gasteiger charge is -2.31. The molecule has 2 rings (SSSR count). The van der Waals surface area contributed by atoms with E-state index < -0.39 is 9.84 Å². The van der Waals surface area contributed by atoms with Crippen molar-refractivity contribution < 1.29 is 13.2 Å². The fraction of sp³-hybridized carbons (Fsp3) is 0.933. The maximum atomic E-state index is 12.2. The zero-order chi connectivity index (χ0) is 15.3. The first-order valence-corrected chi connectivity index (χ1v) is 10.1. The fourth-order valence-corrected chi connectivity index (χ4v) is 5.02. The molecule has 6 heteroatoms. The van der Waals surface area contributed by atoms with Crippen LogP contribution in [0.5, 0.6) is 0 Å². The van der Waals surface area contributed by atoms with Gasteiger partial charge in [-0.3, -0.25) is 4.79 Å². The summed E-state index contributed by atoms with van der Waals surface area (Å²) in [5, 5.41) is 6.27. The highest BCUT2D eigenvalue weighted by Crippen LogP contribution is 2.27. The quantitative estimate of drug-likeness (QED) is 0.800. The van der Waals surface area contributed by atoms with Crippen molar-refractivity contribution in [2.24, 2.45) is 5.92 Å². The van der Waals surface area contributed by atoms with Crippen LogP contribution >= 0.6 is 0 Å². The van der Waals surface area contributed by atoms with Crippen LogP contribution in [0.1, 0.15) is 51.9 Å². The lowest BCUT2D eigenvalue weighted by atomic mass is 9.83. The highest BCUT2D eigenvalue weighted by Gasteiger charge is 2.28. The van der Waals surface area contributed by atoms with Crippen LogP contribution in [-0.4, -0.2) is 44.5 Å². The van der Waals surface area contributed by atoms with Gasteiger partial charge in [0.05, 0.1) is 11.5 Å². The number of amides is 1. The molecule has 2 N–H and O–H groups in total. The van der Waals surface area contributed by atoms with Gasteiger partial charge >= 0.3 is 0 Å². The van der Waals surface area contributed by atoms with Crippen LogP contribution in [-0.2, 0) is 14.6 Å². The molecule has 1 saturated heterocycles. The molecule has 2 fully saturated rings. The average molecular weight is 316 g/mol. The van der Waals surface area contributed by atoms with Gasteiger partial charge in [0.25, 0.3) is 0 Å². The molecule has 0 radical (unpaired) electrons. The first-order valence-electron chi connectivity index (χ1n) is 8.23. The second kappa shape index (κ2) is 7.58. The molecular weight excluding hydrogens is 288 g/mol. The van der Waals surface area contributed by atoms with Crippen molar-refractivity contribution in [3.05, 3.63) is 0 Å².